The Balaban J connectivity index is 2.61. The van der Waals surface area contributed by atoms with Crippen molar-refractivity contribution in [3.8, 4) is 0 Å². The summed E-state index contributed by atoms with van der Waals surface area (Å²) in [4.78, 5) is 10.9. The van der Waals surface area contributed by atoms with Crippen LogP contribution in [0.3, 0.4) is 0 Å². The quantitative estimate of drug-likeness (QED) is 0.737. The fraction of sp³-hybridized carbons (Fsp3) is 0.533. The molecule has 18 heavy (non-hydrogen) atoms. The molecule has 1 aromatic rings. The molecule has 1 aliphatic rings. The second-order valence-corrected chi connectivity index (χ2v) is 5.91. The van der Waals surface area contributed by atoms with Gasteiger partial charge in [0.15, 0.2) is 0 Å². The van der Waals surface area contributed by atoms with Crippen LogP contribution < -0.4 is 0 Å². The van der Waals surface area contributed by atoms with Crippen LogP contribution in [0.4, 0.5) is 4.39 Å². The molecule has 0 aromatic heterocycles. The number of carbonyl (C=O) groups excluding carboxylic acids is 1. The van der Waals surface area contributed by atoms with Gasteiger partial charge in [-0.25, -0.2) is 4.39 Å². The molecule has 2 unspecified atom stereocenters. The molecule has 0 heterocycles. The highest BCUT2D eigenvalue weighted by atomic mass is 35.5. The van der Waals surface area contributed by atoms with Crippen molar-refractivity contribution in [1.82, 2.24) is 0 Å². The Morgan fingerprint density at radius 2 is 2.17 bits per heavy atom. The first kappa shape index (κ1) is 13.5. The lowest BCUT2D eigenvalue weighted by atomic mass is 9.89. The third-order valence-corrected chi connectivity index (χ3v) is 4.05. The minimum Gasteiger partial charge on any atom is -0.303 e. The van der Waals surface area contributed by atoms with Crippen molar-refractivity contribution < 1.29 is 9.18 Å². The zero-order valence-electron chi connectivity index (χ0n) is 11.0. The largest absolute Gasteiger partial charge is 0.303 e. The summed E-state index contributed by atoms with van der Waals surface area (Å²) in [6, 6.07) is 1.72. The van der Waals surface area contributed by atoms with E-state index in [-0.39, 0.29) is 23.2 Å². The average molecular weight is 269 g/mol. The second-order valence-electron chi connectivity index (χ2n) is 5.50. The SMILES string of the molecule is CC(C)c1c(F)c(Cl)cc(C2CC2C)c1CC=O. The van der Waals surface area contributed by atoms with Gasteiger partial charge in [0.05, 0.1) is 5.02 Å². The van der Waals surface area contributed by atoms with Crippen LogP contribution in [0.5, 0.6) is 0 Å². The van der Waals surface area contributed by atoms with Crippen molar-refractivity contribution >= 4 is 17.9 Å². The summed E-state index contributed by atoms with van der Waals surface area (Å²) in [6.07, 6.45) is 2.23. The van der Waals surface area contributed by atoms with Crippen LogP contribution in [0.25, 0.3) is 0 Å². The molecule has 1 nitrogen and oxygen atoms in total. The predicted molar refractivity (Wildman–Crippen MR) is 71.8 cm³/mol. The molecule has 3 heteroatoms. The maximum Gasteiger partial charge on any atom is 0.145 e. The van der Waals surface area contributed by atoms with E-state index in [4.69, 9.17) is 11.6 Å². The van der Waals surface area contributed by atoms with Crippen molar-refractivity contribution in [2.24, 2.45) is 5.92 Å². The first-order chi connectivity index (χ1) is 8.47. The van der Waals surface area contributed by atoms with E-state index >= 15 is 0 Å². The molecule has 0 saturated heterocycles. The third kappa shape index (κ3) is 2.31. The number of benzene rings is 1. The molecule has 0 aliphatic heterocycles. The fourth-order valence-corrected chi connectivity index (χ4v) is 2.92. The maximum atomic E-state index is 14.1. The van der Waals surface area contributed by atoms with Crippen LogP contribution in [-0.2, 0) is 11.2 Å². The van der Waals surface area contributed by atoms with Gasteiger partial charge in [-0.2, -0.15) is 0 Å². The Morgan fingerprint density at radius 1 is 1.56 bits per heavy atom. The monoisotopic (exact) mass is 268 g/mol. The van der Waals surface area contributed by atoms with Crippen LogP contribution in [-0.4, -0.2) is 6.29 Å². The normalized spacial score (nSPS) is 22.3. The topological polar surface area (TPSA) is 17.1 Å². The summed E-state index contributed by atoms with van der Waals surface area (Å²) in [7, 11) is 0. The number of carbonyl (C=O) groups is 1. The number of aldehydes is 1. The number of rotatable bonds is 4. The molecule has 98 valence electrons. The molecule has 0 amide bonds. The highest BCUT2D eigenvalue weighted by molar-refractivity contribution is 6.31. The van der Waals surface area contributed by atoms with Gasteiger partial charge in [-0.15, -0.1) is 0 Å². The Morgan fingerprint density at radius 3 is 2.61 bits per heavy atom. The molecule has 1 aliphatic carbocycles. The van der Waals surface area contributed by atoms with Crippen molar-refractivity contribution in [2.45, 2.75) is 45.4 Å². The van der Waals surface area contributed by atoms with E-state index in [2.05, 4.69) is 6.92 Å². The molecule has 0 bridgehead atoms. The van der Waals surface area contributed by atoms with Crippen molar-refractivity contribution in [1.29, 1.82) is 0 Å². The van der Waals surface area contributed by atoms with Gasteiger partial charge >= 0.3 is 0 Å². The Kier molecular flexibility index (Phi) is 3.76. The van der Waals surface area contributed by atoms with Crippen LogP contribution in [0, 0.1) is 11.7 Å². The van der Waals surface area contributed by atoms with E-state index in [1.165, 1.54) is 0 Å². The molecule has 1 saturated carbocycles. The van der Waals surface area contributed by atoms with Crippen molar-refractivity contribution in [3.63, 3.8) is 0 Å². The molecule has 0 radical (unpaired) electrons. The molecule has 1 aromatic carbocycles. The zero-order chi connectivity index (χ0) is 13.4. The smallest absolute Gasteiger partial charge is 0.145 e. The average Bonchev–Trinajstić information content (AvgIpc) is 3.00. The molecule has 2 rings (SSSR count). The molecule has 0 spiro atoms. The Hall–Kier alpha value is -0.890. The molecule has 2 atom stereocenters. The van der Waals surface area contributed by atoms with Crippen LogP contribution >= 0.6 is 11.6 Å². The van der Waals surface area contributed by atoms with Gasteiger partial charge in [-0.05, 0) is 46.9 Å². The van der Waals surface area contributed by atoms with Gasteiger partial charge in [0, 0.05) is 6.42 Å². The van der Waals surface area contributed by atoms with Crippen molar-refractivity contribution in [3.05, 3.63) is 33.6 Å². The molecular formula is C15H18ClFO. The maximum absolute atomic E-state index is 14.1. The predicted octanol–water partition coefficient (Wildman–Crippen LogP) is 4.47. The Bertz CT molecular complexity index is 482. The molecule has 1 fully saturated rings. The zero-order valence-corrected chi connectivity index (χ0v) is 11.7. The highest BCUT2D eigenvalue weighted by Gasteiger charge is 2.37. The van der Waals surface area contributed by atoms with Gasteiger partial charge in [-0.3, -0.25) is 0 Å². The first-order valence-corrected chi connectivity index (χ1v) is 6.79. The summed E-state index contributed by atoms with van der Waals surface area (Å²) < 4.78 is 14.1. The first-order valence-electron chi connectivity index (χ1n) is 6.41. The summed E-state index contributed by atoms with van der Waals surface area (Å²) in [5, 5.41) is 0.183. The van der Waals surface area contributed by atoms with E-state index in [0.717, 1.165) is 23.8 Å². The lowest BCUT2D eigenvalue weighted by molar-refractivity contribution is -0.107. The fourth-order valence-electron chi connectivity index (χ4n) is 2.70. The molecular weight excluding hydrogens is 251 g/mol. The summed E-state index contributed by atoms with van der Waals surface area (Å²) in [5.74, 6) is 0.722. The minimum atomic E-state index is -0.361. The van der Waals surface area contributed by atoms with Crippen molar-refractivity contribution in [2.75, 3.05) is 0 Å². The van der Waals surface area contributed by atoms with Crippen LogP contribution in [0.2, 0.25) is 5.02 Å². The van der Waals surface area contributed by atoms with Gasteiger partial charge in [0.25, 0.3) is 0 Å². The minimum absolute atomic E-state index is 0.0338. The summed E-state index contributed by atoms with van der Waals surface area (Å²) in [5.41, 5.74) is 2.55. The van der Waals surface area contributed by atoms with Gasteiger partial charge in [0.2, 0.25) is 0 Å². The van der Waals surface area contributed by atoms with Crippen LogP contribution in [0.1, 0.15) is 55.7 Å². The summed E-state index contributed by atoms with van der Waals surface area (Å²) in [6.45, 7) is 6.04. The number of hydrogen-bond acceptors (Lipinski definition) is 1. The number of hydrogen-bond donors (Lipinski definition) is 0. The molecule has 0 N–H and O–H groups in total. The van der Waals surface area contributed by atoms with E-state index in [1.54, 1.807) is 6.07 Å². The highest BCUT2D eigenvalue weighted by Crippen LogP contribution is 2.50. The lowest BCUT2D eigenvalue weighted by Crippen LogP contribution is -2.06. The van der Waals surface area contributed by atoms with E-state index in [0.29, 0.717) is 17.4 Å². The van der Waals surface area contributed by atoms with Gasteiger partial charge in [0.1, 0.15) is 12.1 Å². The van der Waals surface area contributed by atoms with E-state index < -0.39 is 0 Å². The van der Waals surface area contributed by atoms with E-state index in [9.17, 15) is 9.18 Å². The van der Waals surface area contributed by atoms with Gasteiger partial charge in [-0.1, -0.05) is 32.4 Å². The van der Waals surface area contributed by atoms with Gasteiger partial charge < -0.3 is 4.79 Å². The summed E-state index contributed by atoms with van der Waals surface area (Å²) >= 11 is 5.99. The second kappa shape index (κ2) is 5.00. The third-order valence-electron chi connectivity index (χ3n) is 3.78. The number of halogens is 2. The lowest BCUT2D eigenvalue weighted by Gasteiger charge is -2.18. The Labute approximate surface area is 112 Å². The van der Waals surface area contributed by atoms with Crippen LogP contribution in [0.15, 0.2) is 6.07 Å². The van der Waals surface area contributed by atoms with E-state index in [1.807, 2.05) is 13.8 Å². The standard InChI is InChI=1S/C15H18ClFO/c1-8(2)14-10(4-5-18)12(11-6-9(11)3)7-13(16)15(14)17/h5,7-9,11H,4,6H2,1-3H3.